The first kappa shape index (κ1) is 22.9. The van der Waals surface area contributed by atoms with Crippen LogP contribution in [0.3, 0.4) is 0 Å². The van der Waals surface area contributed by atoms with E-state index in [9.17, 15) is 0 Å². The van der Waals surface area contributed by atoms with Gasteiger partial charge in [-0.3, -0.25) is 4.68 Å². The Morgan fingerprint density at radius 1 is 0.731 bits per heavy atom. The number of aromatic nitrogens is 3. The normalized spacial score (nSPS) is 10.7. The molecule has 0 bridgehead atoms. The van der Waals surface area contributed by atoms with Crippen molar-refractivity contribution in [1.82, 2.24) is 15.0 Å². The van der Waals surface area contributed by atoms with E-state index in [4.69, 9.17) is 0 Å². The fourth-order valence-electron chi connectivity index (χ4n) is 3.26. The van der Waals surface area contributed by atoms with Gasteiger partial charge in [0.25, 0.3) is 0 Å². The van der Waals surface area contributed by atoms with E-state index in [2.05, 4.69) is 35.6 Å². The summed E-state index contributed by atoms with van der Waals surface area (Å²) < 4.78 is 1.98. The van der Waals surface area contributed by atoms with Gasteiger partial charge in [-0.25, -0.2) is 0 Å². The Balaban J connectivity index is 0.00000338. The summed E-state index contributed by atoms with van der Waals surface area (Å²) in [6, 6.07) is 10.3. The van der Waals surface area contributed by atoms with Crippen molar-refractivity contribution >= 4 is 17.0 Å². The molecule has 0 aliphatic rings. The molecule has 0 saturated heterocycles. The molecule has 1 aromatic heterocycles. The van der Waals surface area contributed by atoms with Crippen LogP contribution < -0.4 is 0 Å². The SMILES string of the molecule is Br.CCCCCCCCCCCCCCn1cc(-c2ccccc2)nn1. The number of nitrogens with zero attached hydrogens (tertiary/aromatic N) is 3. The summed E-state index contributed by atoms with van der Waals surface area (Å²) in [5.41, 5.74) is 2.11. The van der Waals surface area contributed by atoms with Crippen molar-refractivity contribution < 1.29 is 0 Å². The molecule has 0 aliphatic heterocycles. The van der Waals surface area contributed by atoms with Gasteiger partial charge in [0, 0.05) is 12.1 Å². The van der Waals surface area contributed by atoms with Crippen molar-refractivity contribution in [3.05, 3.63) is 36.5 Å². The van der Waals surface area contributed by atoms with E-state index in [1.54, 1.807) is 0 Å². The van der Waals surface area contributed by atoms with Gasteiger partial charge in [-0.2, -0.15) is 0 Å². The number of hydrogen-bond acceptors (Lipinski definition) is 2. The molecule has 0 unspecified atom stereocenters. The molecule has 0 fully saturated rings. The minimum atomic E-state index is 0. The highest BCUT2D eigenvalue weighted by Crippen LogP contribution is 2.15. The molecule has 0 radical (unpaired) electrons. The maximum absolute atomic E-state index is 4.27. The second-order valence-corrected chi connectivity index (χ2v) is 7.12. The van der Waals surface area contributed by atoms with Gasteiger partial charge in [-0.1, -0.05) is 113 Å². The highest BCUT2D eigenvalue weighted by atomic mass is 79.9. The molecule has 4 heteroatoms. The molecule has 0 amide bonds. The maximum Gasteiger partial charge on any atom is 0.113 e. The van der Waals surface area contributed by atoms with Crippen LogP contribution in [0.5, 0.6) is 0 Å². The van der Waals surface area contributed by atoms with Gasteiger partial charge in [0.2, 0.25) is 0 Å². The molecule has 1 heterocycles. The smallest absolute Gasteiger partial charge is 0.113 e. The van der Waals surface area contributed by atoms with Gasteiger partial charge < -0.3 is 0 Å². The summed E-state index contributed by atoms with van der Waals surface area (Å²) in [6.45, 7) is 3.27. The Labute approximate surface area is 170 Å². The van der Waals surface area contributed by atoms with Crippen LogP contribution in [0.4, 0.5) is 0 Å². The standard InChI is InChI=1S/C22H35N3.BrH/c1-2-3-4-5-6-7-8-9-10-11-12-16-19-25-20-22(23-24-25)21-17-14-13-15-18-21;/h13-15,17-18,20H,2-12,16,19H2,1H3;1H. The first-order valence-electron chi connectivity index (χ1n) is 10.4. The van der Waals surface area contributed by atoms with E-state index in [-0.39, 0.29) is 17.0 Å². The highest BCUT2D eigenvalue weighted by Gasteiger charge is 2.02. The van der Waals surface area contributed by atoms with Crippen LogP contribution in [0.2, 0.25) is 0 Å². The number of hydrogen-bond donors (Lipinski definition) is 0. The zero-order valence-electron chi connectivity index (χ0n) is 16.4. The average molecular weight is 422 g/mol. The maximum atomic E-state index is 4.27. The zero-order valence-corrected chi connectivity index (χ0v) is 18.1. The van der Waals surface area contributed by atoms with Crippen molar-refractivity contribution in [3.8, 4) is 11.3 Å². The third kappa shape index (κ3) is 9.51. The molecule has 3 nitrogen and oxygen atoms in total. The summed E-state index contributed by atoms with van der Waals surface area (Å²) in [5.74, 6) is 0. The van der Waals surface area contributed by atoms with E-state index < -0.39 is 0 Å². The highest BCUT2D eigenvalue weighted by molar-refractivity contribution is 8.93. The van der Waals surface area contributed by atoms with Gasteiger partial charge >= 0.3 is 0 Å². The number of halogens is 1. The summed E-state index contributed by atoms with van der Waals surface area (Å²) in [5, 5.41) is 8.52. The van der Waals surface area contributed by atoms with Gasteiger partial charge in [0.1, 0.15) is 5.69 Å². The molecule has 1 aromatic carbocycles. The molecule has 0 atom stereocenters. The summed E-state index contributed by atoms with van der Waals surface area (Å²) in [7, 11) is 0. The Bertz CT molecular complexity index is 554. The van der Waals surface area contributed by atoms with Crippen molar-refractivity contribution in [2.75, 3.05) is 0 Å². The van der Waals surface area contributed by atoms with Crippen LogP contribution in [0.25, 0.3) is 11.3 Å². The predicted molar refractivity (Wildman–Crippen MR) is 117 cm³/mol. The molecule has 0 saturated carbocycles. The summed E-state index contributed by atoms with van der Waals surface area (Å²) in [4.78, 5) is 0. The lowest BCUT2D eigenvalue weighted by Gasteiger charge is -2.03. The average Bonchev–Trinajstić information content (AvgIpc) is 3.12. The quantitative estimate of drug-likeness (QED) is 0.301. The van der Waals surface area contributed by atoms with Gasteiger partial charge in [0.15, 0.2) is 0 Å². The van der Waals surface area contributed by atoms with Crippen LogP contribution >= 0.6 is 17.0 Å². The molecule has 146 valence electrons. The number of rotatable bonds is 14. The summed E-state index contributed by atoms with van der Waals surface area (Å²) >= 11 is 0. The third-order valence-electron chi connectivity index (χ3n) is 4.85. The Hall–Kier alpha value is -1.16. The lowest BCUT2D eigenvalue weighted by Crippen LogP contribution is -1.98. The molecule has 0 N–H and O–H groups in total. The van der Waals surface area contributed by atoms with E-state index in [0.717, 1.165) is 17.8 Å². The predicted octanol–water partition coefficient (Wildman–Crippen LogP) is 7.22. The minimum Gasteiger partial charge on any atom is -0.252 e. The number of unbranched alkanes of at least 4 members (excludes halogenated alkanes) is 11. The molecular weight excluding hydrogens is 386 g/mol. The van der Waals surface area contributed by atoms with Crippen molar-refractivity contribution in [3.63, 3.8) is 0 Å². The first-order valence-corrected chi connectivity index (χ1v) is 10.4. The van der Waals surface area contributed by atoms with Gasteiger partial charge in [0.05, 0.1) is 6.20 Å². The van der Waals surface area contributed by atoms with Crippen LogP contribution in [0, 0.1) is 0 Å². The van der Waals surface area contributed by atoms with Crippen LogP contribution in [0.1, 0.15) is 84.0 Å². The topological polar surface area (TPSA) is 30.7 Å². The molecular formula is C22H36BrN3. The number of aryl methyl sites for hydroxylation is 1. The van der Waals surface area contributed by atoms with E-state index >= 15 is 0 Å². The monoisotopic (exact) mass is 421 g/mol. The molecule has 0 spiro atoms. The fourth-order valence-corrected chi connectivity index (χ4v) is 3.26. The molecule has 26 heavy (non-hydrogen) atoms. The Kier molecular flexibility index (Phi) is 13.2. The van der Waals surface area contributed by atoms with Crippen LogP contribution in [-0.2, 0) is 6.54 Å². The lowest BCUT2D eigenvalue weighted by atomic mass is 10.1. The van der Waals surface area contributed by atoms with Crippen LogP contribution in [0.15, 0.2) is 36.5 Å². The van der Waals surface area contributed by atoms with E-state index in [1.807, 2.05) is 22.9 Å². The Morgan fingerprint density at radius 3 is 1.85 bits per heavy atom. The number of benzene rings is 1. The van der Waals surface area contributed by atoms with E-state index in [1.165, 1.54) is 77.0 Å². The van der Waals surface area contributed by atoms with Gasteiger partial charge in [-0.15, -0.1) is 22.1 Å². The second kappa shape index (κ2) is 15.0. The largest absolute Gasteiger partial charge is 0.252 e. The van der Waals surface area contributed by atoms with Crippen molar-refractivity contribution in [2.45, 2.75) is 90.5 Å². The molecule has 2 rings (SSSR count). The molecule has 0 aliphatic carbocycles. The van der Waals surface area contributed by atoms with Crippen molar-refractivity contribution in [1.29, 1.82) is 0 Å². The third-order valence-corrected chi connectivity index (χ3v) is 4.85. The van der Waals surface area contributed by atoms with Crippen LogP contribution in [-0.4, -0.2) is 15.0 Å². The lowest BCUT2D eigenvalue weighted by molar-refractivity contribution is 0.505. The Morgan fingerprint density at radius 2 is 1.27 bits per heavy atom. The molecule has 2 aromatic rings. The van der Waals surface area contributed by atoms with Crippen molar-refractivity contribution in [2.24, 2.45) is 0 Å². The second-order valence-electron chi connectivity index (χ2n) is 7.12. The fraction of sp³-hybridized carbons (Fsp3) is 0.636. The first-order chi connectivity index (χ1) is 12.4. The van der Waals surface area contributed by atoms with Gasteiger partial charge in [-0.05, 0) is 6.42 Å². The van der Waals surface area contributed by atoms with E-state index in [0.29, 0.717) is 0 Å². The summed E-state index contributed by atoms with van der Waals surface area (Å²) in [6.07, 6.45) is 18.7. The minimum absolute atomic E-state index is 0. The zero-order chi connectivity index (χ0) is 17.6.